The van der Waals surface area contributed by atoms with Gasteiger partial charge in [0.15, 0.2) is 0 Å². The van der Waals surface area contributed by atoms with E-state index in [4.69, 9.17) is 5.73 Å². The van der Waals surface area contributed by atoms with Crippen molar-refractivity contribution in [3.8, 4) is 11.5 Å². The molecule has 1 saturated heterocycles. The van der Waals surface area contributed by atoms with E-state index in [1.165, 1.54) is 36.4 Å². The highest BCUT2D eigenvalue weighted by atomic mass is 16.4. The molecule has 4 unspecified atom stereocenters. The molecule has 214 valence electrons. The Labute approximate surface area is 229 Å². The third-order valence-electron chi connectivity index (χ3n) is 6.55. The van der Waals surface area contributed by atoms with Gasteiger partial charge in [0.05, 0.1) is 12.5 Å². The van der Waals surface area contributed by atoms with E-state index in [-0.39, 0.29) is 37.3 Å². The molecule has 3 rings (SSSR count). The Morgan fingerprint density at radius 1 is 0.825 bits per heavy atom. The first-order chi connectivity index (χ1) is 18.9. The SMILES string of the molecule is NC(Cc1ccc(O)cc1)C(=O)NC(Cc1ccc(O)cc1)C(=O)NC(CC(=O)O)C(=O)N1CCCC1C(=O)O. The van der Waals surface area contributed by atoms with Crippen LogP contribution in [0, 0.1) is 0 Å². The number of hydrogen-bond donors (Lipinski definition) is 7. The highest BCUT2D eigenvalue weighted by molar-refractivity contribution is 5.96. The summed E-state index contributed by atoms with van der Waals surface area (Å²) in [6.45, 7) is 0.0988. The van der Waals surface area contributed by atoms with Crippen molar-refractivity contribution in [3.63, 3.8) is 0 Å². The van der Waals surface area contributed by atoms with Crippen molar-refractivity contribution in [2.75, 3.05) is 6.54 Å². The topological polar surface area (TPSA) is 220 Å². The lowest BCUT2D eigenvalue weighted by Gasteiger charge is -2.28. The van der Waals surface area contributed by atoms with Crippen LogP contribution >= 0.6 is 0 Å². The van der Waals surface area contributed by atoms with Gasteiger partial charge in [0, 0.05) is 13.0 Å². The van der Waals surface area contributed by atoms with Gasteiger partial charge in [0.2, 0.25) is 17.7 Å². The summed E-state index contributed by atoms with van der Waals surface area (Å²) in [4.78, 5) is 63.6. The molecule has 0 spiro atoms. The van der Waals surface area contributed by atoms with E-state index in [1.54, 1.807) is 12.1 Å². The summed E-state index contributed by atoms with van der Waals surface area (Å²) in [5.74, 6) is -5.01. The smallest absolute Gasteiger partial charge is 0.326 e. The average molecular weight is 557 g/mol. The number of phenolic OH excluding ortho intramolecular Hbond substituents is 2. The van der Waals surface area contributed by atoms with Gasteiger partial charge in [0.1, 0.15) is 29.6 Å². The molecule has 0 saturated carbocycles. The second-order valence-electron chi connectivity index (χ2n) is 9.60. The minimum Gasteiger partial charge on any atom is -0.508 e. The van der Waals surface area contributed by atoms with Crippen LogP contribution in [0.2, 0.25) is 0 Å². The third-order valence-corrected chi connectivity index (χ3v) is 6.55. The van der Waals surface area contributed by atoms with Crippen LogP contribution in [-0.4, -0.2) is 85.7 Å². The molecule has 40 heavy (non-hydrogen) atoms. The Kier molecular flexibility index (Phi) is 10.0. The lowest BCUT2D eigenvalue weighted by Crippen LogP contribution is -2.58. The molecule has 0 radical (unpaired) electrons. The van der Waals surface area contributed by atoms with Gasteiger partial charge in [-0.2, -0.15) is 0 Å². The fourth-order valence-electron chi connectivity index (χ4n) is 4.47. The van der Waals surface area contributed by atoms with Gasteiger partial charge in [-0.3, -0.25) is 19.2 Å². The van der Waals surface area contributed by atoms with Gasteiger partial charge >= 0.3 is 11.9 Å². The van der Waals surface area contributed by atoms with Crippen LogP contribution in [-0.2, 0) is 36.8 Å². The number of hydrogen-bond acceptors (Lipinski definition) is 8. The van der Waals surface area contributed by atoms with E-state index in [1.807, 2.05) is 0 Å². The summed E-state index contributed by atoms with van der Waals surface area (Å²) in [6.07, 6.45) is -0.180. The number of carboxylic acid groups (broad SMARTS) is 2. The second kappa shape index (κ2) is 13.4. The molecule has 1 heterocycles. The quantitative estimate of drug-likeness (QED) is 0.181. The molecule has 1 fully saturated rings. The number of phenols is 2. The summed E-state index contributed by atoms with van der Waals surface area (Å²) in [7, 11) is 0. The number of amides is 3. The van der Waals surface area contributed by atoms with Crippen molar-refractivity contribution in [2.24, 2.45) is 5.73 Å². The number of rotatable bonds is 12. The Morgan fingerprint density at radius 2 is 1.35 bits per heavy atom. The molecule has 2 aromatic rings. The van der Waals surface area contributed by atoms with Crippen LogP contribution in [0.25, 0.3) is 0 Å². The van der Waals surface area contributed by atoms with E-state index < -0.39 is 60.2 Å². The van der Waals surface area contributed by atoms with Crippen LogP contribution in [0.1, 0.15) is 30.4 Å². The minimum absolute atomic E-state index is 0.0181. The summed E-state index contributed by atoms with van der Waals surface area (Å²) in [5, 5.41) is 42.8. The normalized spacial score (nSPS) is 16.9. The number of likely N-dealkylation sites (tertiary alicyclic amines) is 1. The van der Waals surface area contributed by atoms with Crippen molar-refractivity contribution in [2.45, 2.75) is 56.3 Å². The lowest BCUT2D eigenvalue weighted by atomic mass is 10.0. The largest absolute Gasteiger partial charge is 0.508 e. The van der Waals surface area contributed by atoms with Gasteiger partial charge in [-0.15, -0.1) is 0 Å². The van der Waals surface area contributed by atoms with Gasteiger partial charge in [0.25, 0.3) is 0 Å². The van der Waals surface area contributed by atoms with Crippen LogP contribution in [0.3, 0.4) is 0 Å². The third kappa shape index (κ3) is 8.17. The first-order valence-corrected chi connectivity index (χ1v) is 12.6. The summed E-state index contributed by atoms with van der Waals surface area (Å²) >= 11 is 0. The van der Waals surface area contributed by atoms with Crippen molar-refractivity contribution in [1.82, 2.24) is 15.5 Å². The Bertz CT molecular complexity index is 1230. The maximum Gasteiger partial charge on any atom is 0.326 e. The zero-order valence-corrected chi connectivity index (χ0v) is 21.5. The predicted octanol–water partition coefficient (Wildman–Crippen LogP) is -0.270. The van der Waals surface area contributed by atoms with Crippen LogP contribution in [0.15, 0.2) is 48.5 Å². The number of nitrogens with two attached hydrogens (primary N) is 1. The number of aliphatic carboxylic acids is 2. The van der Waals surface area contributed by atoms with E-state index in [2.05, 4.69) is 10.6 Å². The number of carboxylic acids is 2. The fourth-order valence-corrected chi connectivity index (χ4v) is 4.47. The van der Waals surface area contributed by atoms with E-state index in [9.17, 15) is 44.4 Å². The molecule has 13 nitrogen and oxygen atoms in total. The minimum atomic E-state index is -1.57. The molecule has 13 heteroatoms. The number of nitrogens with zero attached hydrogens (tertiary/aromatic N) is 1. The van der Waals surface area contributed by atoms with E-state index >= 15 is 0 Å². The monoisotopic (exact) mass is 556 g/mol. The first kappa shape index (κ1) is 29.9. The molecule has 2 aromatic carbocycles. The van der Waals surface area contributed by atoms with Crippen LogP contribution in [0.4, 0.5) is 0 Å². The van der Waals surface area contributed by atoms with Gasteiger partial charge in [-0.25, -0.2) is 4.79 Å². The Hall–Kier alpha value is -4.65. The highest BCUT2D eigenvalue weighted by Gasteiger charge is 2.39. The van der Waals surface area contributed by atoms with E-state index in [0.29, 0.717) is 17.5 Å². The Balaban J connectivity index is 1.79. The zero-order valence-electron chi connectivity index (χ0n) is 21.5. The number of carbonyl (C=O) groups is 5. The Morgan fingerprint density at radius 3 is 1.88 bits per heavy atom. The number of nitrogens with one attached hydrogen (secondary N) is 2. The first-order valence-electron chi connectivity index (χ1n) is 12.6. The highest BCUT2D eigenvalue weighted by Crippen LogP contribution is 2.20. The average Bonchev–Trinajstić information content (AvgIpc) is 3.40. The van der Waals surface area contributed by atoms with Gasteiger partial charge in [-0.1, -0.05) is 24.3 Å². The van der Waals surface area contributed by atoms with Crippen molar-refractivity contribution in [1.29, 1.82) is 0 Å². The molecule has 1 aliphatic heterocycles. The summed E-state index contributed by atoms with van der Waals surface area (Å²) < 4.78 is 0. The fraction of sp³-hybridized carbons (Fsp3) is 0.370. The maximum atomic E-state index is 13.4. The predicted molar refractivity (Wildman–Crippen MR) is 140 cm³/mol. The number of aromatic hydroxyl groups is 2. The molecular weight excluding hydrogens is 524 g/mol. The zero-order chi connectivity index (χ0) is 29.4. The molecule has 0 bridgehead atoms. The van der Waals surface area contributed by atoms with Crippen LogP contribution in [0.5, 0.6) is 11.5 Å². The maximum absolute atomic E-state index is 13.4. The molecule has 0 aliphatic carbocycles. The molecular formula is C27H32N4O9. The summed E-state index contributed by atoms with van der Waals surface area (Å²) in [5.41, 5.74) is 7.25. The molecule has 0 aromatic heterocycles. The second-order valence-corrected chi connectivity index (χ2v) is 9.60. The lowest BCUT2D eigenvalue weighted by molar-refractivity contribution is -0.150. The molecule has 1 aliphatic rings. The summed E-state index contributed by atoms with van der Waals surface area (Å²) in [6, 6.07) is 6.81. The van der Waals surface area contributed by atoms with E-state index in [0.717, 1.165) is 4.90 Å². The van der Waals surface area contributed by atoms with Gasteiger partial charge in [-0.05, 0) is 54.7 Å². The van der Waals surface area contributed by atoms with Crippen molar-refractivity contribution >= 4 is 29.7 Å². The van der Waals surface area contributed by atoms with Crippen LogP contribution < -0.4 is 16.4 Å². The number of benzene rings is 2. The molecule has 3 amide bonds. The number of carbonyl (C=O) groups excluding carboxylic acids is 3. The standard InChI is InChI=1S/C27H32N4O9/c28-19(12-15-3-7-17(32)8-4-15)24(36)29-20(13-16-5-9-18(33)10-6-16)25(37)30-21(14-23(34)35)26(38)31-11-1-2-22(31)27(39)40/h3-10,19-22,32-33H,1-2,11-14,28H2,(H,29,36)(H,30,37)(H,34,35)(H,39,40). The van der Waals surface area contributed by atoms with Crippen molar-refractivity contribution < 1.29 is 44.4 Å². The molecule has 4 atom stereocenters. The van der Waals surface area contributed by atoms with Gasteiger partial charge < -0.3 is 41.7 Å². The molecule has 8 N–H and O–H groups in total. The van der Waals surface area contributed by atoms with Crippen molar-refractivity contribution in [3.05, 3.63) is 59.7 Å².